The third-order valence-electron chi connectivity index (χ3n) is 2.30. The number of nitrogens with one attached hydrogen (secondary N) is 1. The van der Waals surface area contributed by atoms with Gasteiger partial charge in [-0.05, 0) is 30.3 Å². The molecular formula is C15H11ClFN. The second kappa shape index (κ2) is 6.09. The van der Waals surface area contributed by atoms with Gasteiger partial charge < -0.3 is 5.32 Å². The second-order valence-electron chi connectivity index (χ2n) is 3.65. The Bertz CT molecular complexity index is 584. The number of hydrogen-bond acceptors (Lipinski definition) is 1. The predicted molar refractivity (Wildman–Crippen MR) is 73.2 cm³/mol. The largest absolute Gasteiger partial charge is 0.372 e. The molecule has 0 aromatic heterocycles. The van der Waals surface area contributed by atoms with E-state index >= 15 is 0 Å². The van der Waals surface area contributed by atoms with Gasteiger partial charge in [0.05, 0.1) is 12.2 Å². The van der Waals surface area contributed by atoms with Crippen molar-refractivity contribution in [3.63, 3.8) is 0 Å². The van der Waals surface area contributed by atoms with Crippen LogP contribution in [-0.4, -0.2) is 6.54 Å². The van der Waals surface area contributed by atoms with Crippen molar-refractivity contribution in [3.05, 3.63) is 64.9 Å². The molecule has 0 radical (unpaired) electrons. The van der Waals surface area contributed by atoms with E-state index in [0.717, 1.165) is 5.56 Å². The van der Waals surface area contributed by atoms with Gasteiger partial charge >= 0.3 is 0 Å². The van der Waals surface area contributed by atoms with Gasteiger partial charge in [-0.1, -0.05) is 41.6 Å². The van der Waals surface area contributed by atoms with Gasteiger partial charge in [0.25, 0.3) is 0 Å². The van der Waals surface area contributed by atoms with E-state index < -0.39 is 0 Å². The van der Waals surface area contributed by atoms with Crippen molar-refractivity contribution in [1.82, 2.24) is 0 Å². The molecule has 0 saturated heterocycles. The van der Waals surface area contributed by atoms with Gasteiger partial charge in [0, 0.05) is 10.6 Å². The van der Waals surface area contributed by atoms with Gasteiger partial charge in [0.15, 0.2) is 0 Å². The van der Waals surface area contributed by atoms with Crippen LogP contribution < -0.4 is 5.32 Å². The first-order valence-electron chi connectivity index (χ1n) is 5.48. The van der Waals surface area contributed by atoms with E-state index in [2.05, 4.69) is 17.2 Å². The summed E-state index contributed by atoms with van der Waals surface area (Å²) >= 11 is 5.66. The molecule has 0 aliphatic rings. The summed E-state index contributed by atoms with van der Waals surface area (Å²) in [6.07, 6.45) is 0. The molecule has 2 aromatic carbocycles. The van der Waals surface area contributed by atoms with Crippen molar-refractivity contribution in [2.24, 2.45) is 0 Å². The van der Waals surface area contributed by atoms with E-state index in [-0.39, 0.29) is 5.82 Å². The molecular weight excluding hydrogens is 249 g/mol. The zero-order chi connectivity index (χ0) is 12.8. The van der Waals surface area contributed by atoms with E-state index in [1.54, 1.807) is 12.1 Å². The highest BCUT2D eigenvalue weighted by Crippen LogP contribution is 2.18. The minimum absolute atomic E-state index is 0.371. The maximum atomic E-state index is 13.4. The van der Waals surface area contributed by atoms with Crippen LogP contribution in [0.25, 0.3) is 0 Å². The molecule has 0 aliphatic heterocycles. The summed E-state index contributed by atoms with van der Waals surface area (Å²) in [6.45, 7) is 0.382. The SMILES string of the molecule is Fc1cc(Cl)ccc1NCC#Cc1ccccc1. The van der Waals surface area contributed by atoms with Crippen LogP contribution in [0, 0.1) is 17.7 Å². The van der Waals surface area contributed by atoms with Crippen LogP contribution in [0.4, 0.5) is 10.1 Å². The Labute approximate surface area is 111 Å². The van der Waals surface area contributed by atoms with Crippen LogP contribution in [0.3, 0.4) is 0 Å². The third-order valence-corrected chi connectivity index (χ3v) is 2.54. The molecule has 0 aliphatic carbocycles. The average molecular weight is 260 g/mol. The summed E-state index contributed by atoms with van der Waals surface area (Å²) < 4.78 is 13.4. The molecule has 1 nitrogen and oxygen atoms in total. The highest BCUT2D eigenvalue weighted by molar-refractivity contribution is 6.30. The van der Waals surface area contributed by atoms with Crippen LogP contribution in [0.1, 0.15) is 5.56 Å². The van der Waals surface area contributed by atoms with Crippen LogP contribution >= 0.6 is 11.6 Å². The molecule has 0 heterocycles. The fraction of sp³-hybridized carbons (Fsp3) is 0.0667. The van der Waals surface area contributed by atoms with Gasteiger partial charge in [-0.3, -0.25) is 0 Å². The van der Waals surface area contributed by atoms with E-state index in [9.17, 15) is 4.39 Å². The molecule has 0 fully saturated rings. The minimum atomic E-state index is -0.371. The van der Waals surface area contributed by atoms with Crippen molar-refractivity contribution < 1.29 is 4.39 Å². The van der Waals surface area contributed by atoms with Crippen LogP contribution in [0.5, 0.6) is 0 Å². The van der Waals surface area contributed by atoms with Crippen LogP contribution in [-0.2, 0) is 0 Å². The summed E-state index contributed by atoms with van der Waals surface area (Å²) in [7, 11) is 0. The first kappa shape index (κ1) is 12.5. The third kappa shape index (κ3) is 3.51. The number of hydrogen-bond donors (Lipinski definition) is 1. The molecule has 0 unspecified atom stereocenters. The summed E-state index contributed by atoms with van der Waals surface area (Å²) in [6, 6.07) is 14.2. The molecule has 90 valence electrons. The molecule has 2 rings (SSSR count). The summed E-state index contributed by atoms with van der Waals surface area (Å²) in [5, 5.41) is 3.29. The summed E-state index contributed by atoms with van der Waals surface area (Å²) in [5.74, 6) is 5.54. The number of rotatable bonds is 2. The topological polar surface area (TPSA) is 12.0 Å². The van der Waals surface area contributed by atoms with Crippen molar-refractivity contribution in [2.75, 3.05) is 11.9 Å². The first-order valence-corrected chi connectivity index (χ1v) is 5.86. The summed E-state index contributed by atoms with van der Waals surface area (Å²) in [5.41, 5.74) is 1.35. The first-order chi connectivity index (χ1) is 8.75. The van der Waals surface area contributed by atoms with Gasteiger partial charge in [-0.25, -0.2) is 4.39 Å². The van der Waals surface area contributed by atoms with E-state index in [1.165, 1.54) is 6.07 Å². The summed E-state index contributed by atoms with van der Waals surface area (Å²) in [4.78, 5) is 0. The lowest BCUT2D eigenvalue weighted by molar-refractivity contribution is 0.631. The zero-order valence-electron chi connectivity index (χ0n) is 9.58. The van der Waals surface area contributed by atoms with Crippen molar-refractivity contribution in [2.45, 2.75) is 0 Å². The predicted octanol–water partition coefficient (Wildman–Crippen LogP) is 3.94. The Balaban J connectivity index is 1.95. The molecule has 2 aromatic rings. The maximum Gasteiger partial charge on any atom is 0.147 e. The fourth-order valence-electron chi connectivity index (χ4n) is 1.44. The lowest BCUT2D eigenvalue weighted by atomic mass is 10.2. The molecule has 18 heavy (non-hydrogen) atoms. The second-order valence-corrected chi connectivity index (χ2v) is 4.08. The smallest absolute Gasteiger partial charge is 0.147 e. The molecule has 0 atom stereocenters. The van der Waals surface area contributed by atoms with Gasteiger partial charge in [0.1, 0.15) is 5.82 Å². The van der Waals surface area contributed by atoms with Crippen LogP contribution in [0.15, 0.2) is 48.5 Å². The Morgan fingerprint density at radius 3 is 2.61 bits per heavy atom. The Hall–Kier alpha value is -1.98. The van der Waals surface area contributed by atoms with E-state index in [0.29, 0.717) is 17.3 Å². The molecule has 1 N–H and O–H groups in total. The van der Waals surface area contributed by atoms with Crippen LogP contribution in [0.2, 0.25) is 5.02 Å². The minimum Gasteiger partial charge on any atom is -0.372 e. The van der Waals surface area contributed by atoms with Crippen molar-refractivity contribution in [3.8, 4) is 11.8 Å². The highest BCUT2D eigenvalue weighted by atomic mass is 35.5. The normalized spacial score (nSPS) is 9.44. The Morgan fingerprint density at radius 1 is 1.11 bits per heavy atom. The molecule has 3 heteroatoms. The van der Waals surface area contributed by atoms with Crippen molar-refractivity contribution >= 4 is 17.3 Å². The molecule has 0 amide bonds. The molecule has 0 bridgehead atoms. The number of benzene rings is 2. The quantitative estimate of drug-likeness (QED) is 0.806. The van der Waals surface area contributed by atoms with E-state index in [1.807, 2.05) is 30.3 Å². The molecule has 0 spiro atoms. The number of anilines is 1. The van der Waals surface area contributed by atoms with E-state index in [4.69, 9.17) is 11.6 Å². The standard InChI is InChI=1S/C15H11ClFN/c16-13-8-9-15(14(17)11-13)18-10-4-7-12-5-2-1-3-6-12/h1-3,5-6,8-9,11,18H,10H2. The Morgan fingerprint density at radius 2 is 1.89 bits per heavy atom. The average Bonchev–Trinajstić information content (AvgIpc) is 2.38. The van der Waals surface area contributed by atoms with Gasteiger partial charge in [0.2, 0.25) is 0 Å². The van der Waals surface area contributed by atoms with Gasteiger partial charge in [-0.2, -0.15) is 0 Å². The monoisotopic (exact) mass is 259 g/mol. The van der Waals surface area contributed by atoms with Gasteiger partial charge in [-0.15, -0.1) is 0 Å². The lowest BCUT2D eigenvalue weighted by Crippen LogP contribution is -2.00. The highest BCUT2D eigenvalue weighted by Gasteiger charge is 2.00. The Kier molecular flexibility index (Phi) is 4.22. The lowest BCUT2D eigenvalue weighted by Gasteiger charge is -2.03. The molecule has 0 saturated carbocycles. The fourth-order valence-corrected chi connectivity index (χ4v) is 1.60. The van der Waals surface area contributed by atoms with Crippen molar-refractivity contribution in [1.29, 1.82) is 0 Å². The zero-order valence-corrected chi connectivity index (χ0v) is 10.3. The maximum absolute atomic E-state index is 13.4. The number of halogens is 2.